The summed E-state index contributed by atoms with van der Waals surface area (Å²) in [6.45, 7) is 2.85. The van der Waals surface area contributed by atoms with Gasteiger partial charge in [0.1, 0.15) is 11.4 Å². The van der Waals surface area contributed by atoms with Crippen LogP contribution in [0.5, 0.6) is 5.75 Å². The van der Waals surface area contributed by atoms with Gasteiger partial charge in [-0.05, 0) is 60.0 Å². The maximum Gasteiger partial charge on any atom is 0.288 e. The molecule has 0 aliphatic heterocycles. The molecule has 2 N–H and O–H groups in total. The zero-order valence-electron chi connectivity index (χ0n) is 17.8. The molecule has 0 atom stereocenters. The average molecular weight is 490 g/mol. The fourth-order valence-electron chi connectivity index (χ4n) is 3.44. The van der Waals surface area contributed by atoms with Crippen LogP contribution in [0.25, 0.3) is 22.0 Å². The quantitative estimate of drug-likeness (QED) is 0.167. The van der Waals surface area contributed by atoms with Gasteiger partial charge < -0.3 is 9.72 Å². The highest BCUT2D eigenvalue weighted by atomic mass is 79.9. The molecule has 32 heavy (non-hydrogen) atoms. The maximum absolute atomic E-state index is 13.0. The monoisotopic (exact) mass is 489 g/mol. The number of unbranched alkanes of at least 4 members (excludes halogenated alkanes) is 1. The van der Waals surface area contributed by atoms with Gasteiger partial charge in [-0.3, -0.25) is 4.79 Å². The van der Waals surface area contributed by atoms with E-state index < -0.39 is 0 Å². The fourth-order valence-corrected chi connectivity index (χ4v) is 3.81. The van der Waals surface area contributed by atoms with Gasteiger partial charge in [0.25, 0.3) is 5.91 Å². The number of hydrogen-bond acceptors (Lipinski definition) is 3. The molecule has 3 aromatic carbocycles. The van der Waals surface area contributed by atoms with Crippen LogP contribution in [0, 0.1) is 0 Å². The van der Waals surface area contributed by atoms with E-state index in [2.05, 4.69) is 38.4 Å². The molecule has 0 saturated carbocycles. The molecule has 6 heteroatoms. The highest BCUT2D eigenvalue weighted by Gasteiger charge is 2.19. The molecule has 0 saturated heterocycles. The number of aromatic nitrogens is 1. The number of fused-ring (bicyclic) bond motifs is 1. The molecule has 4 aromatic rings. The van der Waals surface area contributed by atoms with Crippen molar-refractivity contribution in [3.63, 3.8) is 0 Å². The second-order valence-corrected chi connectivity index (χ2v) is 8.32. The summed E-state index contributed by atoms with van der Waals surface area (Å²) in [5, 5.41) is 5.12. The Labute approximate surface area is 195 Å². The minimum atomic E-state index is -0.299. The van der Waals surface area contributed by atoms with Gasteiger partial charge in [0.05, 0.1) is 12.8 Å². The number of aromatic amines is 1. The molecule has 0 radical (unpaired) electrons. The maximum atomic E-state index is 13.0. The normalized spacial score (nSPS) is 11.2. The van der Waals surface area contributed by atoms with Gasteiger partial charge in [0.2, 0.25) is 0 Å². The molecular weight excluding hydrogens is 466 g/mol. The largest absolute Gasteiger partial charge is 0.494 e. The van der Waals surface area contributed by atoms with Crippen molar-refractivity contribution in [1.82, 2.24) is 10.4 Å². The molecule has 0 aliphatic carbocycles. The van der Waals surface area contributed by atoms with Crippen LogP contribution in [-0.2, 0) is 0 Å². The van der Waals surface area contributed by atoms with Crippen molar-refractivity contribution in [2.45, 2.75) is 19.8 Å². The molecule has 4 rings (SSSR count). The van der Waals surface area contributed by atoms with E-state index in [0.717, 1.165) is 50.7 Å². The van der Waals surface area contributed by atoms with Crippen LogP contribution in [0.3, 0.4) is 0 Å². The number of carbonyl (C=O) groups excluding carboxylic acids is 1. The Hall–Kier alpha value is -3.38. The van der Waals surface area contributed by atoms with Crippen LogP contribution >= 0.6 is 15.9 Å². The summed E-state index contributed by atoms with van der Waals surface area (Å²) >= 11 is 3.53. The summed E-state index contributed by atoms with van der Waals surface area (Å²) in [7, 11) is 0. The van der Waals surface area contributed by atoms with Crippen LogP contribution in [0.4, 0.5) is 0 Å². The predicted molar refractivity (Wildman–Crippen MR) is 133 cm³/mol. The number of hydrogen-bond donors (Lipinski definition) is 2. The summed E-state index contributed by atoms with van der Waals surface area (Å²) in [5.74, 6) is 0.531. The van der Waals surface area contributed by atoms with E-state index in [9.17, 15) is 4.79 Å². The summed E-state index contributed by atoms with van der Waals surface area (Å²) in [6.07, 6.45) is 3.75. The molecule has 0 unspecified atom stereocenters. The lowest BCUT2D eigenvalue weighted by molar-refractivity contribution is 0.0951. The average Bonchev–Trinajstić information content (AvgIpc) is 3.19. The Balaban J connectivity index is 1.53. The first kappa shape index (κ1) is 21.8. The van der Waals surface area contributed by atoms with Gasteiger partial charge in [-0.1, -0.05) is 59.6 Å². The predicted octanol–water partition coefficient (Wildman–Crippen LogP) is 6.54. The van der Waals surface area contributed by atoms with Gasteiger partial charge in [0.15, 0.2) is 0 Å². The molecule has 0 aliphatic rings. The van der Waals surface area contributed by atoms with Crippen LogP contribution in [0.2, 0.25) is 0 Å². The topological polar surface area (TPSA) is 66.5 Å². The molecule has 0 fully saturated rings. The number of hydrazone groups is 1. The molecule has 1 aromatic heterocycles. The van der Waals surface area contributed by atoms with Gasteiger partial charge >= 0.3 is 0 Å². The third-order valence-corrected chi connectivity index (χ3v) is 5.57. The molecule has 0 spiro atoms. The Bertz CT molecular complexity index is 1230. The number of rotatable bonds is 8. The van der Waals surface area contributed by atoms with Gasteiger partial charge in [-0.25, -0.2) is 5.43 Å². The van der Waals surface area contributed by atoms with Crippen molar-refractivity contribution in [3.8, 4) is 16.9 Å². The minimum Gasteiger partial charge on any atom is -0.494 e. The number of halogens is 1. The lowest BCUT2D eigenvalue weighted by Gasteiger charge is -2.05. The first-order valence-electron chi connectivity index (χ1n) is 10.6. The number of carbonyl (C=O) groups is 1. The molecule has 1 heterocycles. The summed E-state index contributed by atoms with van der Waals surface area (Å²) < 4.78 is 6.62. The van der Waals surface area contributed by atoms with Crippen molar-refractivity contribution in [3.05, 3.63) is 88.5 Å². The third-order valence-electron chi connectivity index (χ3n) is 5.08. The molecular formula is C26H24BrN3O2. The molecule has 1 amide bonds. The summed E-state index contributed by atoms with van der Waals surface area (Å²) in [4.78, 5) is 16.2. The van der Waals surface area contributed by atoms with Crippen molar-refractivity contribution >= 4 is 39.0 Å². The van der Waals surface area contributed by atoms with Gasteiger partial charge in [-0.15, -0.1) is 0 Å². The SMILES string of the molecule is CCCCOc1ccc(C=NNC(=O)c2[nH]c3ccc(Br)cc3c2-c2ccccc2)cc1. The fraction of sp³-hybridized carbons (Fsp3) is 0.154. The first-order valence-corrected chi connectivity index (χ1v) is 11.4. The van der Waals surface area contributed by atoms with E-state index in [1.54, 1.807) is 6.21 Å². The third kappa shape index (κ3) is 5.08. The number of nitrogens with one attached hydrogen (secondary N) is 2. The lowest BCUT2D eigenvalue weighted by Crippen LogP contribution is -2.18. The Morgan fingerprint density at radius 2 is 1.88 bits per heavy atom. The highest BCUT2D eigenvalue weighted by molar-refractivity contribution is 9.10. The number of H-pyrrole nitrogens is 1. The Kier molecular flexibility index (Phi) is 7.02. The van der Waals surface area contributed by atoms with Crippen LogP contribution in [0.1, 0.15) is 35.8 Å². The van der Waals surface area contributed by atoms with Crippen LogP contribution in [-0.4, -0.2) is 23.7 Å². The minimum absolute atomic E-state index is 0.299. The van der Waals surface area contributed by atoms with Crippen molar-refractivity contribution in [1.29, 1.82) is 0 Å². The second-order valence-electron chi connectivity index (χ2n) is 7.40. The van der Waals surface area contributed by atoms with E-state index in [-0.39, 0.29) is 5.91 Å². The van der Waals surface area contributed by atoms with E-state index in [1.807, 2.05) is 72.8 Å². The van der Waals surface area contributed by atoms with E-state index in [4.69, 9.17) is 4.74 Å². The van der Waals surface area contributed by atoms with Crippen LogP contribution in [0.15, 0.2) is 82.4 Å². The number of amides is 1. The number of benzene rings is 3. The van der Waals surface area contributed by atoms with E-state index in [0.29, 0.717) is 12.3 Å². The standard InChI is InChI=1S/C26H24BrN3O2/c1-2-3-15-32-21-12-9-18(10-13-21)17-28-30-26(31)25-24(19-7-5-4-6-8-19)22-16-20(27)11-14-23(22)29-25/h4-14,16-17,29H,2-3,15H2,1H3,(H,30,31). The molecule has 0 bridgehead atoms. The second kappa shape index (κ2) is 10.3. The van der Waals surface area contributed by atoms with E-state index >= 15 is 0 Å². The van der Waals surface area contributed by atoms with Crippen molar-refractivity contribution < 1.29 is 9.53 Å². The van der Waals surface area contributed by atoms with Gasteiger partial charge in [-0.2, -0.15) is 5.10 Å². The van der Waals surface area contributed by atoms with E-state index in [1.165, 1.54) is 0 Å². The highest BCUT2D eigenvalue weighted by Crippen LogP contribution is 2.34. The lowest BCUT2D eigenvalue weighted by atomic mass is 10.0. The summed E-state index contributed by atoms with van der Waals surface area (Å²) in [6, 6.07) is 23.4. The van der Waals surface area contributed by atoms with Crippen molar-refractivity contribution in [2.75, 3.05) is 6.61 Å². The summed E-state index contributed by atoms with van der Waals surface area (Å²) in [5.41, 5.74) is 6.69. The number of nitrogens with zero attached hydrogens (tertiary/aromatic N) is 1. The first-order chi connectivity index (χ1) is 15.7. The number of ether oxygens (including phenoxy) is 1. The Morgan fingerprint density at radius 3 is 2.62 bits per heavy atom. The zero-order chi connectivity index (χ0) is 22.3. The Morgan fingerprint density at radius 1 is 1.09 bits per heavy atom. The van der Waals surface area contributed by atoms with Crippen LogP contribution < -0.4 is 10.2 Å². The molecule has 5 nitrogen and oxygen atoms in total. The smallest absolute Gasteiger partial charge is 0.288 e. The van der Waals surface area contributed by atoms with Crippen molar-refractivity contribution in [2.24, 2.45) is 5.10 Å². The zero-order valence-corrected chi connectivity index (χ0v) is 19.4. The molecule has 162 valence electrons. The van der Waals surface area contributed by atoms with Gasteiger partial charge in [0, 0.05) is 20.9 Å².